The molecular weight excluding hydrogens is 348 g/mol. The largest absolute Gasteiger partial charge is 0.381 e. The summed E-state index contributed by atoms with van der Waals surface area (Å²) in [6.07, 6.45) is 8.92. The third-order valence-electron chi connectivity index (χ3n) is 8.56. The molecule has 0 N–H and O–H groups in total. The van der Waals surface area contributed by atoms with E-state index in [2.05, 4.69) is 44.4 Å². The Kier molecular flexibility index (Phi) is 5.66. The Hall–Kier alpha value is -0.160. The second kappa shape index (κ2) is 7.51. The molecule has 0 saturated carbocycles. The van der Waals surface area contributed by atoms with Crippen LogP contribution in [0.25, 0.3) is 0 Å². The Balaban J connectivity index is 1.28. The molecule has 4 saturated heterocycles. The molecule has 4 aliphatic heterocycles. The summed E-state index contributed by atoms with van der Waals surface area (Å²) >= 11 is 0. The zero-order chi connectivity index (χ0) is 20.0. The van der Waals surface area contributed by atoms with Crippen molar-refractivity contribution in [2.24, 2.45) is 11.3 Å². The Morgan fingerprint density at radius 2 is 1.50 bits per heavy atom. The predicted molar refractivity (Wildman–Crippen MR) is 115 cm³/mol. The van der Waals surface area contributed by atoms with E-state index in [4.69, 9.17) is 9.47 Å². The van der Waals surface area contributed by atoms with Crippen LogP contribution in [0, 0.1) is 11.3 Å². The molecule has 28 heavy (non-hydrogen) atoms. The van der Waals surface area contributed by atoms with E-state index in [9.17, 15) is 0 Å². The summed E-state index contributed by atoms with van der Waals surface area (Å²) in [4.78, 5) is 5.40. The van der Waals surface area contributed by atoms with Crippen molar-refractivity contribution >= 4 is 0 Å². The molecule has 0 radical (unpaired) electrons. The first kappa shape index (κ1) is 21.1. The summed E-state index contributed by atoms with van der Waals surface area (Å²) in [6, 6.07) is 0. The summed E-state index contributed by atoms with van der Waals surface area (Å²) in [5, 5.41) is 0. The van der Waals surface area contributed by atoms with Gasteiger partial charge in [0.05, 0.1) is 18.8 Å². The smallest absolute Gasteiger partial charge is 0.0710 e. The molecule has 0 aromatic heterocycles. The molecule has 1 unspecified atom stereocenters. The average Bonchev–Trinajstić information content (AvgIpc) is 3.22. The molecule has 0 bridgehead atoms. The second-order valence-electron chi connectivity index (χ2n) is 12.0. The van der Waals surface area contributed by atoms with Gasteiger partial charge in [-0.25, -0.2) is 0 Å². The van der Waals surface area contributed by atoms with E-state index < -0.39 is 0 Å². The summed E-state index contributed by atoms with van der Waals surface area (Å²) in [6.45, 7) is 19.8. The van der Waals surface area contributed by atoms with Crippen LogP contribution in [0.15, 0.2) is 0 Å². The molecule has 4 aliphatic rings. The highest BCUT2D eigenvalue weighted by atomic mass is 16.5. The maximum absolute atomic E-state index is 6.50. The highest BCUT2D eigenvalue weighted by Gasteiger charge is 2.47. The third-order valence-corrected chi connectivity index (χ3v) is 8.56. The van der Waals surface area contributed by atoms with Crippen molar-refractivity contribution in [1.82, 2.24) is 9.80 Å². The number of piperidine rings is 2. The van der Waals surface area contributed by atoms with E-state index >= 15 is 0 Å². The number of nitrogens with zero attached hydrogens (tertiary/aromatic N) is 2. The zero-order valence-electron chi connectivity index (χ0n) is 19.2. The van der Waals surface area contributed by atoms with Crippen molar-refractivity contribution < 1.29 is 9.47 Å². The van der Waals surface area contributed by atoms with Crippen LogP contribution in [0.2, 0.25) is 0 Å². The van der Waals surface area contributed by atoms with Crippen LogP contribution in [0.4, 0.5) is 0 Å². The first-order valence-corrected chi connectivity index (χ1v) is 11.8. The fourth-order valence-electron chi connectivity index (χ4n) is 6.47. The van der Waals surface area contributed by atoms with Crippen molar-refractivity contribution in [1.29, 1.82) is 0 Å². The fourth-order valence-corrected chi connectivity index (χ4v) is 6.47. The monoisotopic (exact) mass is 392 g/mol. The quantitative estimate of drug-likeness (QED) is 0.714. The van der Waals surface area contributed by atoms with Crippen molar-refractivity contribution in [2.75, 3.05) is 46.0 Å². The molecule has 0 amide bonds. The molecule has 1 atom stereocenters. The normalized spacial score (nSPS) is 31.8. The lowest BCUT2D eigenvalue weighted by Crippen LogP contribution is -2.52. The predicted octanol–water partition coefficient (Wildman–Crippen LogP) is 4.33. The Bertz CT molecular complexity index is 529. The van der Waals surface area contributed by atoms with Crippen LogP contribution in [-0.2, 0) is 9.47 Å². The summed E-state index contributed by atoms with van der Waals surface area (Å²) in [5.74, 6) is 0.724. The molecule has 162 valence electrons. The molecule has 4 rings (SSSR count). The van der Waals surface area contributed by atoms with Crippen LogP contribution in [0.1, 0.15) is 79.6 Å². The third kappa shape index (κ3) is 4.31. The van der Waals surface area contributed by atoms with Gasteiger partial charge in [-0.2, -0.15) is 0 Å². The summed E-state index contributed by atoms with van der Waals surface area (Å²) in [5.41, 5.74) is 1.26. The molecule has 4 heterocycles. The molecule has 0 aromatic rings. The van der Waals surface area contributed by atoms with E-state index in [0.717, 1.165) is 25.7 Å². The molecule has 0 aromatic carbocycles. The van der Waals surface area contributed by atoms with E-state index in [0.29, 0.717) is 5.41 Å². The lowest BCUT2D eigenvalue weighted by atomic mass is 9.75. The molecule has 2 spiro atoms. The lowest BCUT2D eigenvalue weighted by molar-refractivity contribution is -0.0592. The summed E-state index contributed by atoms with van der Waals surface area (Å²) in [7, 11) is 0. The van der Waals surface area contributed by atoms with Crippen LogP contribution in [-0.4, -0.2) is 72.5 Å². The molecule has 4 fully saturated rings. The minimum atomic E-state index is 0.176. The standard InChI is InChI=1S/C24H44N2O2/c1-21(2,3)25-13-8-24(9-14-25)17-20(18-28-24)16-22(4,5)26-11-6-23(7-12-26)10-15-27-19-23/h20H,6-19H2,1-5H3. The fraction of sp³-hybridized carbons (Fsp3) is 1.00. The van der Waals surface area contributed by atoms with Gasteiger partial charge in [-0.3, -0.25) is 9.80 Å². The first-order chi connectivity index (χ1) is 13.1. The van der Waals surface area contributed by atoms with Gasteiger partial charge in [0.15, 0.2) is 0 Å². The Labute approximate surface area is 173 Å². The van der Waals surface area contributed by atoms with E-state index in [1.54, 1.807) is 0 Å². The lowest BCUT2D eigenvalue weighted by Gasteiger charge is -2.47. The second-order valence-corrected chi connectivity index (χ2v) is 12.0. The number of ether oxygens (including phenoxy) is 2. The number of rotatable bonds is 3. The van der Waals surface area contributed by atoms with Gasteiger partial charge in [0.25, 0.3) is 0 Å². The van der Waals surface area contributed by atoms with Crippen LogP contribution in [0.5, 0.6) is 0 Å². The van der Waals surface area contributed by atoms with Gasteiger partial charge < -0.3 is 9.47 Å². The van der Waals surface area contributed by atoms with Gasteiger partial charge in [0.1, 0.15) is 0 Å². The van der Waals surface area contributed by atoms with Gasteiger partial charge in [-0.1, -0.05) is 0 Å². The minimum absolute atomic E-state index is 0.176. The van der Waals surface area contributed by atoms with Gasteiger partial charge in [-0.15, -0.1) is 0 Å². The van der Waals surface area contributed by atoms with Crippen LogP contribution in [0.3, 0.4) is 0 Å². The average molecular weight is 393 g/mol. The van der Waals surface area contributed by atoms with Crippen molar-refractivity contribution in [3.05, 3.63) is 0 Å². The molecule has 4 heteroatoms. The Morgan fingerprint density at radius 1 is 0.857 bits per heavy atom. The maximum Gasteiger partial charge on any atom is 0.0710 e. The van der Waals surface area contributed by atoms with Crippen molar-refractivity contribution in [3.8, 4) is 0 Å². The number of likely N-dealkylation sites (tertiary alicyclic amines) is 2. The summed E-state index contributed by atoms with van der Waals surface area (Å²) < 4.78 is 12.2. The van der Waals surface area contributed by atoms with E-state index in [1.807, 2.05) is 0 Å². The number of hydrogen-bond donors (Lipinski definition) is 0. The highest BCUT2D eigenvalue weighted by molar-refractivity contribution is 4.99. The van der Waals surface area contributed by atoms with Crippen molar-refractivity contribution in [2.45, 2.75) is 96.2 Å². The van der Waals surface area contributed by atoms with E-state index in [1.165, 1.54) is 71.1 Å². The maximum atomic E-state index is 6.50. The van der Waals surface area contributed by atoms with E-state index in [-0.39, 0.29) is 16.7 Å². The zero-order valence-corrected chi connectivity index (χ0v) is 19.2. The van der Waals surface area contributed by atoms with Crippen LogP contribution >= 0.6 is 0 Å². The molecule has 4 nitrogen and oxygen atoms in total. The number of hydrogen-bond acceptors (Lipinski definition) is 4. The van der Waals surface area contributed by atoms with Crippen LogP contribution < -0.4 is 0 Å². The topological polar surface area (TPSA) is 24.9 Å². The SMILES string of the molecule is CC(C)(C)N1CCC2(CC1)CC(CC(C)(C)N1CCC3(CCOC3)CC1)CO2. The molecular formula is C24H44N2O2. The van der Waals surface area contributed by atoms with Crippen molar-refractivity contribution in [3.63, 3.8) is 0 Å². The first-order valence-electron chi connectivity index (χ1n) is 11.8. The highest BCUT2D eigenvalue weighted by Crippen LogP contribution is 2.45. The molecule has 0 aliphatic carbocycles. The Morgan fingerprint density at radius 3 is 2.07 bits per heavy atom. The van der Waals surface area contributed by atoms with Gasteiger partial charge in [0.2, 0.25) is 0 Å². The minimum Gasteiger partial charge on any atom is -0.381 e. The van der Waals surface area contributed by atoms with Gasteiger partial charge in [0, 0.05) is 30.8 Å². The van der Waals surface area contributed by atoms with Gasteiger partial charge in [-0.05, 0) is 104 Å². The van der Waals surface area contributed by atoms with Gasteiger partial charge >= 0.3 is 0 Å².